The molecule has 0 bridgehead atoms. The number of rotatable bonds is 46. The Morgan fingerprint density at radius 3 is 1.42 bits per heavy atom. The third kappa shape index (κ3) is 31.6. The lowest BCUT2D eigenvalue weighted by atomic mass is 9.98. The minimum Gasteiger partial charge on any atom is -0.457 e. The summed E-state index contributed by atoms with van der Waals surface area (Å²) in [5.74, 6) is -0.379. The summed E-state index contributed by atoms with van der Waals surface area (Å²) in [6.07, 6.45) is 34.9. The molecule has 2 aliphatic rings. The van der Waals surface area contributed by atoms with Crippen LogP contribution in [-0.2, 0) is 33.2 Å². The van der Waals surface area contributed by atoms with Crippen LogP contribution < -0.4 is 0 Å². The molecule has 2 saturated heterocycles. The second-order valence-corrected chi connectivity index (χ2v) is 20.1. The zero-order chi connectivity index (χ0) is 51.6. The van der Waals surface area contributed by atoms with E-state index in [1.165, 1.54) is 128 Å². The van der Waals surface area contributed by atoms with Crippen LogP contribution in [0.15, 0.2) is 36.5 Å². The number of unbranched alkanes of at least 4 members (excludes halogenated alkanes) is 26. The second-order valence-electron chi connectivity index (χ2n) is 20.1. The number of esters is 1. The van der Waals surface area contributed by atoms with Crippen LogP contribution in [0, 0.1) is 0 Å². The van der Waals surface area contributed by atoms with Crippen LogP contribution in [0.2, 0.25) is 0 Å². The molecular weight excluding hydrogens is 909 g/mol. The Morgan fingerprint density at radius 2 is 0.901 bits per heavy atom. The Morgan fingerprint density at radius 1 is 0.465 bits per heavy atom. The van der Waals surface area contributed by atoms with E-state index in [0.29, 0.717) is 13.0 Å². The highest BCUT2D eigenvalue weighted by Crippen LogP contribution is 2.27. The Kier molecular flexibility index (Phi) is 40.9. The molecule has 14 nitrogen and oxygen atoms in total. The summed E-state index contributed by atoms with van der Waals surface area (Å²) in [5, 5.41) is 72.3. The van der Waals surface area contributed by atoms with E-state index in [1.54, 1.807) is 0 Å². The first-order chi connectivity index (χ1) is 34.6. The van der Waals surface area contributed by atoms with Crippen molar-refractivity contribution in [2.75, 3.05) is 33.0 Å². The first-order valence-corrected chi connectivity index (χ1v) is 28.6. The lowest BCUT2D eigenvalue weighted by Gasteiger charge is -2.42. The first-order valence-electron chi connectivity index (χ1n) is 28.6. The average Bonchev–Trinajstić information content (AvgIpc) is 3.37. The summed E-state index contributed by atoms with van der Waals surface area (Å²) in [5.41, 5.74) is 0. The fourth-order valence-corrected chi connectivity index (χ4v) is 8.97. The van der Waals surface area contributed by atoms with Gasteiger partial charge < -0.3 is 64.2 Å². The van der Waals surface area contributed by atoms with Crippen molar-refractivity contribution in [2.24, 2.45) is 0 Å². The fourth-order valence-electron chi connectivity index (χ4n) is 8.97. The summed E-state index contributed by atoms with van der Waals surface area (Å²) >= 11 is 0. The van der Waals surface area contributed by atoms with Crippen molar-refractivity contribution in [3.63, 3.8) is 0 Å². The van der Waals surface area contributed by atoms with E-state index >= 15 is 0 Å². The standard InChI is InChI=1S/C57H104O14/c1-3-5-7-9-11-13-15-17-19-20-21-22-23-24-25-26-27-28-30-32-34-36-38-40-49(59)69-46(43-66-41-39-37-35-33-31-29-18-16-14-12-10-8-6-4-2)44-67-56-55(65)53(63)51(61)48(71-56)45-68-57-54(64)52(62)50(60)47(42-58)70-57/h8,10,14,16,20-21,46-48,50-58,60-65H,3-7,9,11-13,15,17-19,22-45H2,1-2H3/b10-8-,16-14-,21-20-. The van der Waals surface area contributed by atoms with E-state index in [1.807, 2.05) is 0 Å². The van der Waals surface area contributed by atoms with Gasteiger partial charge in [0.2, 0.25) is 0 Å². The van der Waals surface area contributed by atoms with Crippen LogP contribution in [0.4, 0.5) is 0 Å². The molecule has 7 N–H and O–H groups in total. The van der Waals surface area contributed by atoms with Gasteiger partial charge >= 0.3 is 5.97 Å². The number of ether oxygens (including phenoxy) is 6. The molecule has 11 unspecified atom stereocenters. The van der Waals surface area contributed by atoms with E-state index < -0.39 is 80.7 Å². The predicted molar refractivity (Wildman–Crippen MR) is 280 cm³/mol. The second kappa shape index (κ2) is 44.5. The van der Waals surface area contributed by atoms with E-state index in [4.69, 9.17) is 28.4 Å². The lowest BCUT2D eigenvalue weighted by Crippen LogP contribution is -2.61. The maximum Gasteiger partial charge on any atom is 0.306 e. The molecule has 71 heavy (non-hydrogen) atoms. The highest BCUT2D eigenvalue weighted by atomic mass is 16.7. The third-order valence-electron chi connectivity index (χ3n) is 13.6. The van der Waals surface area contributed by atoms with Gasteiger partial charge in [-0.3, -0.25) is 4.79 Å². The molecule has 2 fully saturated rings. The highest BCUT2D eigenvalue weighted by Gasteiger charge is 2.47. The van der Waals surface area contributed by atoms with Crippen LogP contribution in [0.3, 0.4) is 0 Å². The van der Waals surface area contributed by atoms with E-state index in [2.05, 4.69) is 50.3 Å². The number of hydrogen-bond donors (Lipinski definition) is 7. The average molecular weight is 1010 g/mol. The maximum absolute atomic E-state index is 13.1. The van der Waals surface area contributed by atoms with Crippen molar-refractivity contribution in [3.8, 4) is 0 Å². The molecule has 0 aliphatic carbocycles. The van der Waals surface area contributed by atoms with Gasteiger partial charge in [0, 0.05) is 13.0 Å². The number of aliphatic hydroxyl groups excluding tert-OH is 7. The number of carbonyl (C=O) groups excluding carboxylic acids is 1. The molecule has 2 rings (SSSR count). The summed E-state index contributed by atoms with van der Waals surface area (Å²) < 4.78 is 34.3. The zero-order valence-corrected chi connectivity index (χ0v) is 44.5. The third-order valence-corrected chi connectivity index (χ3v) is 13.6. The molecule has 0 amide bonds. The van der Waals surface area contributed by atoms with Crippen molar-refractivity contribution in [2.45, 2.75) is 287 Å². The van der Waals surface area contributed by atoms with Gasteiger partial charge in [0.05, 0.1) is 26.4 Å². The van der Waals surface area contributed by atoms with Crippen molar-refractivity contribution >= 4 is 5.97 Å². The van der Waals surface area contributed by atoms with Crippen LogP contribution >= 0.6 is 0 Å². The van der Waals surface area contributed by atoms with Crippen molar-refractivity contribution in [1.82, 2.24) is 0 Å². The summed E-state index contributed by atoms with van der Waals surface area (Å²) in [7, 11) is 0. The van der Waals surface area contributed by atoms with Crippen LogP contribution in [0.25, 0.3) is 0 Å². The van der Waals surface area contributed by atoms with Crippen LogP contribution in [0.1, 0.15) is 219 Å². The zero-order valence-electron chi connectivity index (χ0n) is 44.5. The monoisotopic (exact) mass is 1010 g/mol. The quantitative estimate of drug-likeness (QED) is 0.0172. The Bertz CT molecular complexity index is 1310. The fraction of sp³-hybridized carbons (Fsp3) is 0.877. The Labute approximate surface area is 429 Å². The lowest BCUT2D eigenvalue weighted by molar-refractivity contribution is -0.332. The van der Waals surface area contributed by atoms with Gasteiger partial charge in [-0.1, -0.05) is 185 Å². The minimum atomic E-state index is -1.71. The summed E-state index contributed by atoms with van der Waals surface area (Å²) in [4.78, 5) is 13.1. The molecule has 0 aromatic rings. The Balaban J connectivity index is 1.70. The molecule has 14 heteroatoms. The smallest absolute Gasteiger partial charge is 0.306 e. The molecule has 2 heterocycles. The number of allylic oxidation sites excluding steroid dienone is 6. The van der Waals surface area contributed by atoms with Gasteiger partial charge in [0.15, 0.2) is 12.6 Å². The molecule has 11 atom stereocenters. The number of hydrogen-bond acceptors (Lipinski definition) is 14. The van der Waals surface area contributed by atoms with Gasteiger partial charge in [-0.25, -0.2) is 0 Å². The Hall–Kier alpha value is -1.79. The topological polar surface area (TPSA) is 214 Å². The molecular formula is C57H104O14. The number of carbonyl (C=O) groups is 1. The molecule has 0 aromatic carbocycles. The minimum absolute atomic E-state index is 0.0554. The van der Waals surface area contributed by atoms with Crippen molar-refractivity contribution < 1.29 is 69.0 Å². The molecule has 416 valence electrons. The van der Waals surface area contributed by atoms with Gasteiger partial charge in [0.25, 0.3) is 0 Å². The van der Waals surface area contributed by atoms with Crippen molar-refractivity contribution in [3.05, 3.63) is 36.5 Å². The molecule has 2 aliphatic heterocycles. The van der Waals surface area contributed by atoms with E-state index in [0.717, 1.165) is 64.2 Å². The first kappa shape index (κ1) is 65.3. The summed E-state index contributed by atoms with van der Waals surface area (Å²) in [6, 6.07) is 0. The molecule has 0 radical (unpaired) electrons. The highest BCUT2D eigenvalue weighted by molar-refractivity contribution is 5.69. The van der Waals surface area contributed by atoms with Crippen LogP contribution in [0.5, 0.6) is 0 Å². The van der Waals surface area contributed by atoms with E-state index in [-0.39, 0.29) is 25.6 Å². The molecule has 0 saturated carbocycles. The normalized spacial score (nSPS) is 25.5. The number of aliphatic hydroxyl groups is 7. The van der Waals surface area contributed by atoms with Gasteiger partial charge in [0.1, 0.15) is 54.9 Å². The predicted octanol–water partition coefficient (Wildman–Crippen LogP) is 9.75. The molecule has 0 aromatic heterocycles. The van der Waals surface area contributed by atoms with Crippen molar-refractivity contribution in [1.29, 1.82) is 0 Å². The largest absolute Gasteiger partial charge is 0.457 e. The SMILES string of the molecule is CCC/C=C\C/C=C\CCCCCCCCOCC(COC1OC(COC2OC(CO)C(O)C(O)C2O)C(O)C(O)C1O)OC(=O)CCCCCCCCCCCCC/C=C\CCCCCCCCCC. The van der Waals surface area contributed by atoms with Gasteiger partial charge in [-0.15, -0.1) is 0 Å². The maximum atomic E-state index is 13.1. The van der Waals surface area contributed by atoms with E-state index in [9.17, 15) is 40.5 Å². The molecule has 0 spiro atoms. The van der Waals surface area contributed by atoms with Crippen LogP contribution in [-0.4, -0.2) is 142 Å². The summed E-state index contributed by atoms with van der Waals surface area (Å²) in [6.45, 7) is 3.62. The van der Waals surface area contributed by atoms with Gasteiger partial charge in [-0.2, -0.15) is 0 Å². The van der Waals surface area contributed by atoms with Gasteiger partial charge in [-0.05, 0) is 64.2 Å².